The van der Waals surface area contributed by atoms with E-state index in [1.165, 1.54) is 12.1 Å². The lowest BCUT2D eigenvalue weighted by Crippen LogP contribution is -2.29. The zero-order valence-electron chi connectivity index (χ0n) is 13.7. The van der Waals surface area contributed by atoms with Gasteiger partial charge in [-0.05, 0) is 23.8 Å². The van der Waals surface area contributed by atoms with Crippen LogP contribution in [-0.2, 0) is 21.2 Å². The number of anilines is 1. The Morgan fingerprint density at radius 3 is 2.54 bits per heavy atom. The van der Waals surface area contributed by atoms with E-state index in [9.17, 15) is 23.3 Å². The van der Waals surface area contributed by atoms with Crippen molar-refractivity contribution >= 4 is 38.7 Å². The topological polar surface area (TPSA) is 118 Å². The van der Waals surface area contributed by atoms with Gasteiger partial charge >= 0.3 is 0 Å². The Hall–Kier alpha value is -2.65. The summed E-state index contributed by atoms with van der Waals surface area (Å²) in [7, 11) is -3.57. The second-order valence-corrected chi connectivity index (χ2v) is 7.85. The van der Waals surface area contributed by atoms with Gasteiger partial charge in [0, 0.05) is 23.9 Å². The molecule has 0 bridgehead atoms. The minimum atomic E-state index is -3.57. The van der Waals surface area contributed by atoms with Crippen molar-refractivity contribution in [1.29, 1.82) is 0 Å². The number of nitrogens with one attached hydrogen (secondary N) is 2. The van der Waals surface area contributed by atoms with E-state index in [1.54, 1.807) is 24.3 Å². The second-order valence-electron chi connectivity index (χ2n) is 5.43. The summed E-state index contributed by atoms with van der Waals surface area (Å²) in [5, 5.41) is 17.0. The molecule has 0 atom stereocenters. The zero-order valence-corrected chi connectivity index (χ0v) is 15.3. The third kappa shape index (κ3) is 5.17. The van der Waals surface area contributed by atoms with E-state index in [2.05, 4.69) is 10.6 Å². The first-order valence-electron chi connectivity index (χ1n) is 7.41. The van der Waals surface area contributed by atoms with Gasteiger partial charge in [-0.1, -0.05) is 29.8 Å². The van der Waals surface area contributed by atoms with Gasteiger partial charge in [0.05, 0.1) is 16.4 Å². The highest BCUT2D eigenvalue weighted by Gasteiger charge is 2.19. The molecule has 0 saturated heterocycles. The summed E-state index contributed by atoms with van der Waals surface area (Å²) in [6.07, 6.45) is 0.960. The molecule has 8 nitrogen and oxygen atoms in total. The Morgan fingerprint density at radius 1 is 1.23 bits per heavy atom. The average molecular weight is 398 g/mol. The molecule has 10 heteroatoms. The van der Waals surface area contributed by atoms with Gasteiger partial charge in [0.15, 0.2) is 9.84 Å². The molecule has 2 rings (SSSR count). The molecule has 0 radical (unpaired) electrons. The number of nitro groups is 1. The Labute approximate surface area is 155 Å². The molecular weight excluding hydrogens is 382 g/mol. The fourth-order valence-electron chi connectivity index (χ4n) is 2.12. The number of sulfone groups is 1. The molecule has 1 amide bonds. The Kier molecular flexibility index (Phi) is 6.17. The summed E-state index contributed by atoms with van der Waals surface area (Å²) in [5.41, 5.74) is 0.369. The number of hydrogen-bond acceptors (Lipinski definition) is 6. The van der Waals surface area contributed by atoms with Gasteiger partial charge in [-0.3, -0.25) is 14.9 Å². The van der Waals surface area contributed by atoms with E-state index in [0.717, 1.165) is 17.9 Å². The van der Waals surface area contributed by atoms with Crippen LogP contribution in [0.5, 0.6) is 0 Å². The van der Waals surface area contributed by atoms with Gasteiger partial charge in [0.25, 0.3) is 5.69 Å². The standard InChI is InChI=1S/C16H16ClN3O5S/c1-26(24,25)12-6-7-14(15(8-12)20(22)23)18-10-16(21)19-9-11-4-2-3-5-13(11)17/h2-8,18H,9-10H2,1H3,(H,19,21). The maximum Gasteiger partial charge on any atom is 0.293 e. The van der Waals surface area contributed by atoms with Gasteiger partial charge in [0.1, 0.15) is 5.69 Å². The lowest BCUT2D eigenvalue weighted by Gasteiger charge is -2.10. The number of carbonyl (C=O) groups is 1. The van der Waals surface area contributed by atoms with Crippen LogP contribution < -0.4 is 10.6 Å². The van der Waals surface area contributed by atoms with E-state index in [-0.39, 0.29) is 23.7 Å². The van der Waals surface area contributed by atoms with Gasteiger partial charge in [-0.25, -0.2) is 8.42 Å². The molecule has 0 spiro atoms. The van der Waals surface area contributed by atoms with E-state index in [0.29, 0.717) is 5.02 Å². The van der Waals surface area contributed by atoms with E-state index < -0.39 is 26.4 Å². The van der Waals surface area contributed by atoms with Gasteiger partial charge in [0.2, 0.25) is 5.91 Å². The SMILES string of the molecule is CS(=O)(=O)c1ccc(NCC(=O)NCc2ccccc2Cl)c([N+](=O)[O-])c1. The fourth-order valence-corrected chi connectivity index (χ4v) is 2.96. The fraction of sp³-hybridized carbons (Fsp3) is 0.188. The van der Waals surface area contributed by atoms with Crippen LogP contribution in [0.25, 0.3) is 0 Å². The molecule has 0 aliphatic heterocycles. The molecular formula is C16H16ClN3O5S. The molecule has 0 heterocycles. The molecule has 26 heavy (non-hydrogen) atoms. The van der Waals surface area contributed by atoms with Crippen LogP contribution >= 0.6 is 11.6 Å². The maximum absolute atomic E-state index is 11.9. The van der Waals surface area contributed by atoms with Gasteiger partial charge in [-0.2, -0.15) is 0 Å². The number of nitrogens with zero attached hydrogens (tertiary/aromatic N) is 1. The predicted octanol–water partition coefficient (Wildman–Crippen LogP) is 2.38. The number of benzene rings is 2. The lowest BCUT2D eigenvalue weighted by molar-refractivity contribution is -0.384. The summed E-state index contributed by atoms with van der Waals surface area (Å²) in [6, 6.07) is 10.5. The summed E-state index contributed by atoms with van der Waals surface area (Å²) < 4.78 is 23.0. The monoisotopic (exact) mass is 397 g/mol. The van der Waals surface area contributed by atoms with Gasteiger partial charge < -0.3 is 10.6 Å². The number of nitro benzene ring substituents is 1. The highest BCUT2D eigenvalue weighted by molar-refractivity contribution is 7.90. The molecule has 2 aromatic carbocycles. The van der Waals surface area contributed by atoms with E-state index in [4.69, 9.17) is 11.6 Å². The van der Waals surface area contributed by atoms with Crippen LogP contribution in [0.2, 0.25) is 5.02 Å². The van der Waals surface area contributed by atoms with Crippen LogP contribution in [0.4, 0.5) is 11.4 Å². The molecule has 138 valence electrons. The van der Waals surface area contributed by atoms with Crippen molar-refractivity contribution in [2.24, 2.45) is 0 Å². The second kappa shape index (κ2) is 8.15. The van der Waals surface area contributed by atoms with Crippen molar-refractivity contribution in [1.82, 2.24) is 5.32 Å². The predicted molar refractivity (Wildman–Crippen MR) is 98.0 cm³/mol. The molecule has 2 N–H and O–H groups in total. The van der Waals surface area contributed by atoms with Crippen LogP contribution in [-0.4, -0.2) is 32.0 Å². The largest absolute Gasteiger partial charge is 0.371 e. The van der Waals surface area contributed by atoms with Crippen molar-refractivity contribution < 1.29 is 18.1 Å². The van der Waals surface area contributed by atoms with Crippen molar-refractivity contribution in [2.75, 3.05) is 18.1 Å². The summed E-state index contributed by atoms with van der Waals surface area (Å²) in [4.78, 5) is 22.2. The first-order chi connectivity index (χ1) is 12.2. The number of halogens is 1. The van der Waals surface area contributed by atoms with Crippen LogP contribution in [0.1, 0.15) is 5.56 Å². The van der Waals surface area contributed by atoms with E-state index >= 15 is 0 Å². The number of carbonyl (C=O) groups excluding carboxylic acids is 1. The normalized spacial score (nSPS) is 11.0. The lowest BCUT2D eigenvalue weighted by atomic mass is 10.2. The van der Waals surface area contributed by atoms with Crippen molar-refractivity contribution in [3.05, 3.63) is 63.2 Å². The maximum atomic E-state index is 11.9. The quantitative estimate of drug-likeness (QED) is 0.547. The molecule has 2 aromatic rings. The van der Waals surface area contributed by atoms with Crippen LogP contribution in [0.3, 0.4) is 0 Å². The first-order valence-corrected chi connectivity index (χ1v) is 9.68. The zero-order chi connectivity index (χ0) is 19.3. The van der Waals surface area contributed by atoms with Crippen molar-refractivity contribution in [2.45, 2.75) is 11.4 Å². The molecule has 0 aliphatic carbocycles. The number of amides is 1. The van der Waals surface area contributed by atoms with Gasteiger partial charge in [-0.15, -0.1) is 0 Å². The van der Waals surface area contributed by atoms with E-state index in [1.807, 2.05) is 0 Å². The molecule has 0 aromatic heterocycles. The van der Waals surface area contributed by atoms with Crippen LogP contribution in [0.15, 0.2) is 47.4 Å². The number of rotatable bonds is 7. The Balaban J connectivity index is 2.03. The minimum absolute atomic E-state index is 0.0512. The van der Waals surface area contributed by atoms with Crippen LogP contribution in [0, 0.1) is 10.1 Å². The third-order valence-electron chi connectivity index (χ3n) is 3.47. The van der Waals surface area contributed by atoms with Crippen molar-refractivity contribution in [3.8, 4) is 0 Å². The molecule has 0 saturated carbocycles. The smallest absolute Gasteiger partial charge is 0.293 e. The minimum Gasteiger partial charge on any atom is -0.371 e. The molecule has 0 aliphatic rings. The average Bonchev–Trinajstić information content (AvgIpc) is 2.58. The highest BCUT2D eigenvalue weighted by atomic mass is 35.5. The summed E-state index contributed by atoms with van der Waals surface area (Å²) in [5.74, 6) is -0.397. The Morgan fingerprint density at radius 2 is 1.92 bits per heavy atom. The van der Waals surface area contributed by atoms with Crippen molar-refractivity contribution in [3.63, 3.8) is 0 Å². The Bertz CT molecular complexity index is 947. The molecule has 0 unspecified atom stereocenters. The molecule has 0 fully saturated rings. The third-order valence-corrected chi connectivity index (χ3v) is 4.95. The summed E-state index contributed by atoms with van der Waals surface area (Å²) in [6.45, 7) is -0.00118. The number of hydrogen-bond donors (Lipinski definition) is 2. The highest BCUT2D eigenvalue weighted by Crippen LogP contribution is 2.27. The summed E-state index contributed by atoms with van der Waals surface area (Å²) >= 11 is 6.00. The first kappa shape index (κ1) is 19.7.